The highest BCUT2D eigenvalue weighted by atomic mass is 32.2. The van der Waals surface area contributed by atoms with Crippen LogP contribution in [0.3, 0.4) is 0 Å². The molecular formula is C16H16N2O3S. The third-order valence-electron chi connectivity index (χ3n) is 4.06. The van der Waals surface area contributed by atoms with Crippen LogP contribution in [0.25, 0.3) is 0 Å². The van der Waals surface area contributed by atoms with Gasteiger partial charge < -0.3 is 0 Å². The zero-order valence-corrected chi connectivity index (χ0v) is 13.2. The van der Waals surface area contributed by atoms with E-state index in [0.29, 0.717) is 11.4 Å². The molecule has 0 spiro atoms. The minimum absolute atomic E-state index is 0.226. The molecule has 6 heteroatoms. The number of carbonyl (C=O) groups is 1. The number of fused-ring (bicyclic) bond motifs is 1. The lowest BCUT2D eigenvalue weighted by atomic mass is 9.87. The van der Waals surface area contributed by atoms with Gasteiger partial charge >= 0.3 is 0 Å². The normalized spacial score (nSPS) is 21.0. The van der Waals surface area contributed by atoms with Crippen molar-refractivity contribution in [3.63, 3.8) is 0 Å². The molecule has 0 bridgehead atoms. The molecule has 0 fully saturated rings. The van der Waals surface area contributed by atoms with Crippen LogP contribution in [0, 0.1) is 0 Å². The highest BCUT2D eigenvalue weighted by Gasteiger charge is 2.49. The van der Waals surface area contributed by atoms with Crippen LogP contribution in [-0.4, -0.2) is 32.1 Å². The first-order valence-electron chi connectivity index (χ1n) is 6.88. The Kier molecular flexibility index (Phi) is 3.29. The van der Waals surface area contributed by atoms with Crippen molar-refractivity contribution < 1.29 is 13.2 Å². The number of rotatable bonds is 3. The Hall–Kier alpha value is -2.21. The van der Waals surface area contributed by atoms with Crippen molar-refractivity contribution in [3.05, 3.63) is 54.2 Å². The number of aromatic nitrogens is 1. The number of pyridine rings is 1. The Morgan fingerprint density at radius 2 is 1.82 bits per heavy atom. The SMILES string of the molecule is CN1C(=O)C(C)(CS(=O)(=O)c2ccccc2)c2cccnc21. The van der Waals surface area contributed by atoms with E-state index in [0.717, 1.165) is 0 Å². The molecule has 3 rings (SSSR count). The van der Waals surface area contributed by atoms with Crippen molar-refractivity contribution in [2.24, 2.45) is 0 Å². The van der Waals surface area contributed by atoms with Crippen LogP contribution >= 0.6 is 0 Å². The molecule has 0 saturated heterocycles. The summed E-state index contributed by atoms with van der Waals surface area (Å²) in [5.41, 5.74) is -0.463. The molecule has 1 aromatic carbocycles. The monoisotopic (exact) mass is 316 g/mol. The fourth-order valence-electron chi connectivity index (χ4n) is 2.91. The highest BCUT2D eigenvalue weighted by Crippen LogP contribution is 2.41. The number of carbonyl (C=O) groups excluding carboxylic acids is 1. The summed E-state index contributed by atoms with van der Waals surface area (Å²) in [6.07, 6.45) is 1.60. The van der Waals surface area contributed by atoms with Crippen molar-refractivity contribution in [2.75, 3.05) is 17.7 Å². The topological polar surface area (TPSA) is 67.3 Å². The zero-order valence-electron chi connectivity index (χ0n) is 12.4. The molecule has 5 nitrogen and oxygen atoms in total. The number of sulfone groups is 1. The van der Waals surface area contributed by atoms with E-state index >= 15 is 0 Å². The molecule has 1 atom stereocenters. The van der Waals surface area contributed by atoms with Crippen LogP contribution in [-0.2, 0) is 20.0 Å². The minimum Gasteiger partial charge on any atom is -0.299 e. The molecule has 0 aliphatic carbocycles. The first kappa shape index (κ1) is 14.7. The van der Waals surface area contributed by atoms with Crippen LogP contribution in [0.1, 0.15) is 12.5 Å². The number of likely N-dealkylation sites (N-methyl/N-ethyl adjacent to an activating group) is 1. The third kappa shape index (κ3) is 2.11. The van der Waals surface area contributed by atoms with Gasteiger partial charge in [-0.15, -0.1) is 0 Å². The van der Waals surface area contributed by atoms with Crippen molar-refractivity contribution in [1.29, 1.82) is 0 Å². The quantitative estimate of drug-likeness (QED) is 0.866. The minimum atomic E-state index is -3.58. The Balaban J connectivity index is 2.07. The van der Waals surface area contributed by atoms with E-state index in [2.05, 4.69) is 4.98 Å². The van der Waals surface area contributed by atoms with Gasteiger partial charge in [0, 0.05) is 18.8 Å². The molecule has 0 saturated carbocycles. The maximum absolute atomic E-state index is 12.7. The van der Waals surface area contributed by atoms with Gasteiger partial charge in [-0.3, -0.25) is 9.69 Å². The van der Waals surface area contributed by atoms with Crippen LogP contribution in [0.15, 0.2) is 53.6 Å². The summed E-state index contributed by atoms with van der Waals surface area (Å²) in [7, 11) is -1.96. The van der Waals surface area contributed by atoms with Crippen molar-refractivity contribution in [1.82, 2.24) is 4.98 Å². The second-order valence-electron chi connectivity index (χ2n) is 5.64. The maximum atomic E-state index is 12.7. The zero-order chi connectivity index (χ0) is 16.0. The Labute approximate surface area is 129 Å². The van der Waals surface area contributed by atoms with Gasteiger partial charge in [0.15, 0.2) is 9.84 Å². The average molecular weight is 316 g/mol. The Bertz CT molecular complexity index is 833. The average Bonchev–Trinajstić information content (AvgIpc) is 2.70. The van der Waals surface area contributed by atoms with Gasteiger partial charge in [0.1, 0.15) is 5.82 Å². The molecule has 1 unspecified atom stereocenters. The molecule has 114 valence electrons. The van der Waals surface area contributed by atoms with E-state index in [1.54, 1.807) is 62.6 Å². The summed E-state index contributed by atoms with van der Waals surface area (Å²) in [6.45, 7) is 1.67. The summed E-state index contributed by atoms with van der Waals surface area (Å²) in [5.74, 6) is 0.00488. The van der Waals surface area contributed by atoms with E-state index in [1.165, 1.54) is 4.90 Å². The third-order valence-corrected chi connectivity index (χ3v) is 6.00. The lowest BCUT2D eigenvalue weighted by Crippen LogP contribution is -2.41. The Morgan fingerprint density at radius 3 is 2.50 bits per heavy atom. The van der Waals surface area contributed by atoms with E-state index in [-0.39, 0.29) is 16.6 Å². The summed E-state index contributed by atoms with van der Waals surface area (Å²) in [5, 5.41) is 0. The predicted octanol–water partition coefficient (Wildman–Crippen LogP) is 1.79. The molecule has 1 aliphatic heterocycles. The smallest absolute Gasteiger partial charge is 0.239 e. The van der Waals surface area contributed by atoms with Crippen LogP contribution < -0.4 is 4.90 Å². The van der Waals surface area contributed by atoms with Crippen LogP contribution in [0.5, 0.6) is 0 Å². The van der Waals surface area contributed by atoms with Gasteiger partial charge in [0.25, 0.3) is 0 Å². The van der Waals surface area contributed by atoms with Gasteiger partial charge in [-0.1, -0.05) is 24.3 Å². The number of nitrogens with zero attached hydrogens (tertiary/aromatic N) is 2. The highest BCUT2D eigenvalue weighted by molar-refractivity contribution is 7.91. The van der Waals surface area contributed by atoms with E-state index < -0.39 is 15.3 Å². The maximum Gasteiger partial charge on any atom is 0.239 e. The lowest BCUT2D eigenvalue weighted by Gasteiger charge is -2.22. The number of benzene rings is 1. The Morgan fingerprint density at radius 1 is 1.14 bits per heavy atom. The van der Waals surface area contributed by atoms with Gasteiger partial charge in [-0.25, -0.2) is 13.4 Å². The summed E-state index contributed by atoms with van der Waals surface area (Å²) >= 11 is 0. The molecule has 1 amide bonds. The standard InChI is InChI=1S/C16H16N2O3S/c1-16(11-22(20,21)12-7-4-3-5-8-12)13-9-6-10-17-14(13)18(2)15(16)19/h3-10H,11H2,1-2H3. The number of amides is 1. The predicted molar refractivity (Wildman–Crippen MR) is 83.5 cm³/mol. The fraction of sp³-hybridized carbons (Fsp3) is 0.250. The van der Waals surface area contributed by atoms with E-state index in [1.807, 2.05) is 0 Å². The summed E-state index contributed by atoms with van der Waals surface area (Å²) in [4.78, 5) is 18.5. The fourth-order valence-corrected chi connectivity index (χ4v) is 4.68. The molecule has 0 radical (unpaired) electrons. The molecule has 0 N–H and O–H groups in total. The molecule has 22 heavy (non-hydrogen) atoms. The lowest BCUT2D eigenvalue weighted by molar-refractivity contribution is -0.121. The van der Waals surface area contributed by atoms with Crippen molar-refractivity contribution in [3.8, 4) is 0 Å². The first-order valence-corrected chi connectivity index (χ1v) is 8.53. The van der Waals surface area contributed by atoms with Gasteiger partial charge in [0.05, 0.1) is 16.1 Å². The van der Waals surface area contributed by atoms with E-state index in [9.17, 15) is 13.2 Å². The van der Waals surface area contributed by atoms with Crippen LogP contribution in [0.2, 0.25) is 0 Å². The first-order chi connectivity index (χ1) is 10.4. The molecule has 2 aromatic rings. The number of hydrogen-bond donors (Lipinski definition) is 0. The van der Waals surface area contributed by atoms with Gasteiger partial charge in [-0.05, 0) is 25.1 Å². The number of anilines is 1. The van der Waals surface area contributed by atoms with E-state index in [4.69, 9.17) is 0 Å². The van der Waals surface area contributed by atoms with Crippen molar-refractivity contribution in [2.45, 2.75) is 17.2 Å². The van der Waals surface area contributed by atoms with Crippen molar-refractivity contribution >= 4 is 21.6 Å². The molecule has 1 aliphatic rings. The molecule has 2 heterocycles. The number of hydrogen-bond acceptors (Lipinski definition) is 4. The van der Waals surface area contributed by atoms with Gasteiger partial charge in [-0.2, -0.15) is 0 Å². The second-order valence-corrected chi connectivity index (χ2v) is 7.63. The summed E-state index contributed by atoms with van der Waals surface area (Å²) in [6, 6.07) is 11.7. The van der Waals surface area contributed by atoms with Crippen LogP contribution in [0.4, 0.5) is 5.82 Å². The largest absolute Gasteiger partial charge is 0.299 e. The summed E-state index contributed by atoms with van der Waals surface area (Å²) < 4.78 is 25.3. The molecular weight excluding hydrogens is 300 g/mol. The molecule has 1 aromatic heterocycles. The van der Waals surface area contributed by atoms with Gasteiger partial charge in [0.2, 0.25) is 5.91 Å². The second kappa shape index (κ2) is 4.91.